The molecule has 2 saturated heterocycles. The topological polar surface area (TPSA) is 58.4 Å². The van der Waals surface area contributed by atoms with E-state index in [9.17, 15) is 10.1 Å². The summed E-state index contributed by atoms with van der Waals surface area (Å²) >= 11 is 6.18. The Hall–Kier alpha value is -0.880. The summed E-state index contributed by atoms with van der Waals surface area (Å²) in [5, 5.41) is 14.9. The summed E-state index contributed by atoms with van der Waals surface area (Å²) < 4.78 is 0. The zero-order valence-corrected chi connectivity index (χ0v) is 14.1. The van der Waals surface area contributed by atoms with Gasteiger partial charge in [-0.1, -0.05) is 11.6 Å². The number of hydrogen-bond donors (Lipinski definition) is 1. The van der Waals surface area contributed by atoms with Crippen LogP contribution in [0.2, 0.25) is 5.02 Å². The van der Waals surface area contributed by atoms with Crippen molar-refractivity contribution in [3.63, 3.8) is 0 Å². The molecule has 2 bridgehead atoms. The molecule has 0 spiro atoms. The molecule has 2 fully saturated rings. The van der Waals surface area contributed by atoms with E-state index in [0.29, 0.717) is 23.1 Å². The van der Waals surface area contributed by atoms with Gasteiger partial charge in [0.1, 0.15) is 0 Å². The summed E-state index contributed by atoms with van der Waals surface area (Å²) in [5.74, 6) is 0. The van der Waals surface area contributed by atoms with Gasteiger partial charge in [-0.05, 0) is 44.4 Å². The average Bonchev–Trinajstić information content (AvgIpc) is 2.79. The Labute approximate surface area is 141 Å². The van der Waals surface area contributed by atoms with E-state index in [1.807, 2.05) is 0 Å². The fourth-order valence-corrected chi connectivity index (χ4v) is 3.80. The Bertz CT molecular complexity index is 544. The molecule has 0 aromatic heterocycles. The average molecular weight is 346 g/mol. The van der Waals surface area contributed by atoms with Crippen molar-refractivity contribution in [3.05, 3.63) is 38.9 Å². The number of nitro groups is 1. The summed E-state index contributed by atoms with van der Waals surface area (Å²) in [7, 11) is 2.12. The normalized spacial score (nSPS) is 26.8. The van der Waals surface area contributed by atoms with E-state index in [1.54, 1.807) is 6.07 Å². The smallest absolute Gasteiger partial charge is 0.270 e. The third-order valence-corrected chi connectivity index (χ3v) is 5.09. The fraction of sp³-hybridized carbons (Fsp3) is 0.600. The molecule has 122 valence electrons. The number of halogens is 2. The lowest BCUT2D eigenvalue weighted by Crippen LogP contribution is -2.46. The minimum absolute atomic E-state index is 0. The van der Waals surface area contributed by atoms with Crippen molar-refractivity contribution in [2.75, 3.05) is 7.05 Å². The molecule has 0 aliphatic carbocycles. The predicted molar refractivity (Wildman–Crippen MR) is 89.8 cm³/mol. The first-order chi connectivity index (χ1) is 10.0. The number of non-ortho nitro benzene ring substituents is 1. The van der Waals surface area contributed by atoms with Gasteiger partial charge in [0.05, 0.1) is 9.95 Å². The molecule has 3 rings (SSSR count). The molecule has 2 aliphatic rings. The van der Waals surface area contributed by atoms with Crippen LogP contribution in [0.1, 0.15) is 31.2 Å². The molecule has 5 nitrogen and oxygen atoms in total. The van der Waals surface area contributed by atoms with Crippen molar-refractivity contribution in [1.82, 2.24) is 10.2 Å². The second-order valence-electron chi connectivity index (χ2n) is 6.21. The van der Waals surface area contributed by atoms with E-state index >= 15 is 0 Å². The summed E-state index contributed by atoms with van der Waals surface area (Å²) in [4.78, 5) is 12.7. The van der Waals surface area contributed by atoms with Crippen LogP contribution in [0.25, 0.3) is 0 Å². The quantitative estimate of drug-likeness (QED) is 0.671. The number of benzene rings is 1. The van der Waals surface area contributed by atoms with Crippen LogP contribution in [0.4, 0.5) is 5.69 Å². The van der Waals surface area contributed by atoms with Crippen LogP contribution in [0.15, 0.2) is 18.2 Å². The van der Waals surface area contributed by atoms with Gasteiger partial charge < -0.3 is 5.32 Å². The molecule has 7 heteroatoms. The Morgan fingerprint density at radius 3 is 2.55 bits per heavy atom. The molecule has 2 aliphatic heterocycles. The highest BCUT2D eigenvalue weighted by Crippen LogP contribution is 2.31. The lowest BCUT2D eigenvalue weighted by molar-refractivity contribution is -0.384. The van der Waals surface area contributed by atoms with Gasteiger partial charge in [0.2, 0.25) is 0 Å². The van der Waals surface area contributed by atoms with Gasteiger partial charge in [-0.2, -0.15) is 0 Å². The van der Waals surface area contributed by atoms with Crippen molar-refractivity contribution in [2.24, 2.45) is 0 Å². The Morgan fingerprint density at radius 2 is 2.00 bits per heavy atom. The van der Waals surface area contributed by atoms with Crippen molar-refractivity contribution in [3.8, 4) is 0 Å². The third-order valence-electron chi connectivity index (χ3n) is 4.74. The number of nitrogens with one attached hydrogen (secondary N) is 1. The molecular weight excluding hydrogens is 325 g/mol. The Kier molecular flexibility index (Phi) is 5.66. The minimum Gasteiger partial charge on any atom is -0.311 e. The van der Waals surface area contributed by atoms with Crippen LogP contribution in [0, 0.1) is 10.1 Å². The van der Waals surface area contributed by atoms with Crippen LogP contribution >= 0.6 is 24.0 Å². The third kappa shape index (κ3) is 3.71. The maximum atomic E-state index is 10.7. The SMILES string of the molecule is CN(Cc1ccc([N+](=O)[O-])cc1Cl)C1CC2CCC(C1)N2.Cl. The van der Waals surface area contributed by atoms with Crippen molar-refractivity contribution < 1.29 is 4.92 Å². The number of hydrogen-bond acceptors (Lipinski definition) is 4. The predicted octanol–water partition coefficient (Wildman–Crippen LogP) is 3.38. The molecule has 0 radical (unpaired) electrons. The number of piperidine rings is 1. The van der Waals surface area contributed by atoms with Gasteiger partial charge in [-0.3, -0.25) is 15.0 Å². The van der Waals surface area contributed by atoms with Gasteiger partial charge in [-0.15, -0.1) is 12.4 Å². The Morgan fingerprint density at radius 1 is 1.36 bits per heavy atom. The molecule has 0 saturated carbocycles. The molecule has 2 heterocycles. The summed E-state index contributed by atoms with van der Waals surface area (Å²) in [6.45, 7) is 0.737. The second-order valence-corrected chi connectivity index (χ2v) is 6.62. The van der Waals surface area contributed by atoms with Gasteiger partial charge in [0.25, 0.3) is 5.69 Å². The summed E-state index contributed by atoms with van der Waals surface area (Å²) in [6.07, 6.45) is 4.93. The van der Waals surface area contributed by atoms with Gasteiger partial charge in [0.15, 0.2) is 0 Å². The molecule has 1 N–H and O–H groups in total. The lowest BCUT2D eigenvalue weighted by Gasteiger charge is -2.35. The first-order valence-corrected chi connectivity index (χ1v) is 7.80. The van der Waals surface area contributed by atoms with Gasteiger partial charge in [0, 0.05) is 36.8 Å². The van der Waals surface area contributed by atoms with Crippen molar-refractivity contribution in [2.45, 2.75) is 50.4 Å². The molecule has 1 aromatic rings. The van der Waals surface area contributed by atoms with Crippen molar-refractivity contribution in [1.29, 1.82) is 0 Å². The van der Waals surface area contributed by atoms with Crippen LogP contribution in [0.3, 0.4) is 0 Å². The van der Waals surface area contributed by atoms with Crippen LogP contribution in [-0.4, -0.2) is 35.0 Å². The van der Waals surface area contributed by atoms with Crippen LogP contribution in [-0.2, 0) is 6.54 Å². The second kappa shape index (κ2) is 7.13. The van der Waals surface area contributed by atoms with Crippen LogP contribution < -0.4 is 5.32 Å². The molecule has 0 amide bonds. The number of nitrogens with zero attached hydrogens (tertiary/aromatic N) is 2. The molecule has 2 atom stereocenters. The maximum absolute atomic E-state index is 10.7. The molecule has 2 unspecified atom stereocenters. The highest BCUT2D eigenvalue weighted by Gasteiger charge is 2.35. The van der Waals surface area contributed by atoms with E-state index < -0.39 is 4.92 Å². The van der Waals surface area contributed by atoms with Gasteiger partial charge >= 0.3 is 0 Å². The number of fused-ring (bicyclic) bond motifs is 2. The minimum atomic E-state index is -0.413. The van der Waals surface area contributed by atoms with E-state index in [-0.39, 0.29) is 18.1 Å². The highest BCUT2D eigenvalue weighted by atomic mass is 35.5. The van der Waals surface area contributed by atoms with E-state index in [1.165, 1.54) is 37.8 Å². The fourth-order valence-electron chi connectivity index (χ4n) is 3.56. The molecule has 22 heavy (non-hydrogen) atoms. The van der Waals surface area contributed by atoms with Crippen LogP contribution in [0.5, 0.6) is 0 Å². The summed E-state index contributed by atoms with van der Waals surface area (Å²) in [5.41, 5.74) is 1.00. The number of nitro benzene ring substituents is 1. The highest BCUT2D eigenvalue weighted by molar-refractivity contribution is 6.31. The standard InChI is InChI=1S/C15H20ClN3O2.ClH/c1-18(14-6-11-3-4-12(7-14)17-11)9-10-2-5-13(19(20)21)8-15(10)16;/h2,5,8,11-12,14,17H,3-4,6-7,9H2,1H3;1H. The Balaban J connectivity index is 0.00000176. The van der Waals surface area contributed by atoms with E-state index in [2.05, 4.69) is 17.3 Å². The van der Waals surface area contributed by atoms with E-state index in [0.717, 1.165) is 12.1 Å². The lowest BCUT2D eigenvalue weighted by atomic mass is 9.98. The summed E-state index contributed by atoms with van der Waals surface area (Å²) in [6, 6.07) is 6.62. The van der Waals surface area contributed by atoms with E-state index in [4.69, 9.17) is 11.6 Å². The largest absolute Gasteiger partial charge is 0.311 e. The first-order valence-electron chi connectivity index (χ1n) is 7.42. The molecule has 1 aromatic carbocycles. The van der Waals surface area contributed by atoms with Gasteiger partial charge in [-0.25, -0.2) is 0 Å². The maximum Gasteiger partial charge on any atom is 0.270 e. The molecular formula is C15H21Cl2N3O2. The zero-order chi connectivity index (χ0) is 15.0. The van der Waals surface area contributed by atoms with Crippen molar-refractivity contribution >= 4 is 29.7 Å². The number of rotatable bonds is 4. The monoisotopic (exact) mass is 345 g/mol. The zero-order valence-electron chi connectivity index (χ0n) is 12.5. The first kappa shape index (κ1) is 17.5.